The standard InChI is InChI=1S/C18H17N3O2S/c1-10-6-11(2)8-13(7-10)17(23)21-18-20-15-5-4-14(19-12(3)22)9-16(15)24-18/h4-9H,1-3H3,(H,19,22)(H,20,21,23). The van der Waals surface area contributed by atoms with E-state index in [2.05, 4.69) is 15.6 Å². The Hall–Kier alpha value is -2.73. The van der Waals surface area contributed by atoms with E-state index in [4.69, 9.17) is 0 Å². The lowest BCUT2D eigenvalue weighted by atomic mass is 10.1. The van der Waals surface area contributed by atoms with Crippen molar-refractivity contribution < 1.29 is 9.59 Å². The number of anilines is 2. The molecule has 0 aliphatic carbocycles. The van der Waals surface area contributed by atoms with Gasteiger partial charge in [-0.05, 0) is 44.2 Å². The largest absolute Gasteiger partial charge is 0.326 e. The summed E-state index contributed by atoms with van der Waals surface area (Å²) >= 11 is 1.38. The van der Waals surface area contributed by atoms with E-state index >= 15 is 0 Å². The van der Waals surface area contributed by atoms with Gasteiger partial charge in [0.1, 0.15) is 0 Å². The highest BCUT2D eigenvalue weighted by molar-refractivity contribution is 7.22. The summed E-state index contributed by atoms with van der Waals surface area (Å²) in [5, 5.41) is 6.12. The van der Waals surface area contributed by atoms with E-state index in [9.17, 15) is 9.59 Å². The highest BCUT2D eigenvalue weighted by Gasteiger charge is 2.11. The van der Waals surface area contributed by atoms with Crippen LogP contribution in [-0.4, -0.2) is 16.8 Å². The van der Waals surface area contributed by atoms with Crippen LogP contribution in [0.5, 0.6) is 0 Å². The van der Waals surface area contributed by atoms with Crippen molar-refractivity contribution >= 4 is 44.2 Å². The molecule has 2 aromatic carbocycles. The molecule has 0 radical (unpaired) electrons. The predicted octanol–water partition coefficient (Wildman–Crippen LogP) is 4.12. The first-order valence-corrected chi connectivity index (χ1v) is 8.30. The summed E-state index contributed by atoms with van der Waals surface area (Å²) in [6, 6.07) is 11.2. The molecule has 3 rings (SSSR count). The first-order chi connectivity index (χ1) is 11.4. The van der Waals surface area contributed by atoms with Crippen LogP contribution in [0, 0.1) is 13.8 Å². The Morgan fingerprint density at radius 1 is 1.00 bits per heavy atom. The van der Waals surface area contributed by atoms with Crippen molar-refractivity contribution in [2.45, 2.75) is 20.8 Å². The van der Waals surface area contributed by atoms with Crippen LogP contribution in [-0.2, 0) is 4.79 Å². The molecule has 0 saturated carbocycles. The molecule has 0 aliphatic heterocycles. The van der Waals surface area contributed by atoms with Crippen LogP contribution in [0.25, 0.3) is 10.2 Å². The van der Waals surface area contributed by atoms with Gasteiger partial charge in [0.2, 0.25) is 5.91 Å². The fraction of sp³-hybridized carbons (Fsp3) is 0.167. The highest BCUT2D eigenvalue weighted by Crippen LogP contribution is 2.28. The maximum absolute atomic E-state index is 12.4. The van der Waals surface area contributed by atoms with E-state index in [0.717, 1.165) is 21.3 Å². The predicted molar refractivity (Wildman–Crippen MR) is 97.8 cm³/mol. The first-order valence-electron chi connectivity index (χ1n) is 7.48. The molecule has 6 heteroatoms. The van der Waals surface area contributed by atoms with Crippen LogP contribution in [0.4, 0.5) is 10.8 Å². The minimum atomic E-state index is -0.178. The SMILES string of the molecule is CC(=O)Nc1ccc2nc(NC(=O)c3cc(C)cc(C)c3)sc2c1. The van der Waals surface area contributed by atoms with Crippen molar-refractivity contribution in [1.82, 2.24) is 4.98 Å². The molecule has 0 spiro atoms. The molecule has 3 aromatic rings. The Balaban J connectivity index is 1.84. The van der Waals surface area contributed by atoms with E-state index < -0.39 is 0 Å². The average Bonchev–Trinajstić information content (AvgIpc) is 2.87. The lowest BCUT2D eigenvalue weighted by molar-refractivity contribution is -0.114. The zero-order chi connectivity index (χ0) is 17.3. The quantitative estimate of drug-likeness (QED) is 0.754. The molecule has 0 unspecified atom stereocenters. The van der Waals surface area contributed by atoms with Gasteiger partial charge in [-0.2, -0.15) is 0 Å². The van der Waals surface area contributed by atoms with Gasteiger partial charge in [-0.1, -0.05) is 28.5 Å². The normalized spacial score (nSPS) is 10.6. The average molecular weight is 339 g/mol. The van der Waals surface area contributed by atoms with Crippen LogP contribution in [0.15, 0.2) is 36.4 Å². The molecule has 122 valence electrons. The van der Waals surface area contributed by atoms with Gasteiger partial charge < -0.3 is 5.32 Å². The third kappa shape index (κ3) is 3.60. The summed E-state index contributed by atoms with van der Waals surface area (Å²) in [4.78, 5) is 28.0. The summed E-state index contributed by atoms with van der Waals surface area (Å²) < 4.78 is 0.900. The van der Waals surface area contributed by atoms with Crippen LogP contribution in [0.2, 0.25) is 0 Å². The Labute approximate surface area is 143 Å². The second-order valence-electron chi connectivity index (χ2n) is 5.71. The van der Waals surface area contributed by atoms with Crippen molar-refractivity contribution in [3.63, 3.8) is 0 Å². The second-order valence-corrected chi connectivity index (χ2v) is 6.74. The maximum Gasteiger partial charge on any atom is 0.257 e. The lowest BCUT2D eigenvalue weighted by Crippen LogP contribution is -2.12. The molecule has 2 amide bonds. The van der Waals surface area contributed by atoms with Crippen LogP contribution < -0.4 is 10.6 Å². The van der Waals surface area contributed by atoms with Gasteiger partial charge in [0.25, 0.3) is 5.91 Å². The minimum absolute atomic E-state index is 0.123. The Bertz CT molecular complexity index is 926. The van der Waals surface area contributed by atoms with Crippen LogP contribution >= 0.6 is 11.3 Å². The van der Waals surface area contributed by atoms with Crippen LogP contribution in [0.1, 0.15) is 28.4 Å². The van der Waals surface area contributed by atoms with E-state index in [1.807, 2.05) is 44.2 Å². The summed E-state index contributed by atoms with van der Waals surface area (Å²) in [5.74, 6) is -0.301. The number of hydrogen-bond donors (Lipinski definition) is 2. The summed E-state index contributed by atoms with van der Waals surface area (Å²) in [7, 11) is 0. The number of fused-ring (bicyclic) bond motifs is 1. The Morgan fingerprint density at radius 2 is 1.71 bits per heavy atom. The summed E-state index contributed by atoms with van der Waals surface area (Å²) in [6.07, 6.45) is 0. The number of aromatic nitrogens is 1. The van der Waals surface area contributed by atoms with Gasteiger partial charge >= 0.3 is 0 Å². The van der Waals surface area contributed by atoms with E-state index in [1.54, 1.807) is 6.07 Å². The first kappa shape index (κ1) is 16.1. The number of nitrogens with zero attached hydrogens (tertiary/aromatic N) is 1. The monoisotopic (exact) mass is 339 g/mol. The van der Waals surface area contributed by atoms with Crippen molar-refractivity contribution in [3.8, 4) is 0 Å². The Kier molecular flexibility index (Phi) is 4.31. The second kappa shape index (κ2) is 6.41. The zero-order valence-electron chi connectivity index (χ0n) is 13.6. The maximum atomic E-state index is 12.4. The van der Waals surface area contributed by atoms with Gasteiger partial charge in [0, 0.05) is 18.2 Å². The number of rotatable bonds is 3. The molecule has 1 aromatic heterocycles. The third-order valence-corrected chi connectivity index (χ3v) is 4.35. The fourth-order valence-corrected chi connectivity index (χ4v) is 3.43. The van der Waals surface area contributed by atoms with Gasteiger partial charge in [0.05, 0.1) is 10.2 Å². The molecular formula is C18H17N3O2S. The van der Waals surface area contributed by atoms with Gasteiger partial charge in [-0.25, -0.2) is 4.98 Å². The van der Waals surface area contributed by atoms with Crippen molar-refractivity contribution in [2.24, 2.45) is 0 Å². The van der Waals surface area contributed by atoms with E-state index in [0.29, 0.717) is 16.4 Å². The summed E-state index contributed by atoms with van der Waals surface area (Å²) in [5.41, 5.74) is 4.20. The number of carbonyl (C=O) groups excluding carboxylic acids is 2. The summed E-state index contributed by atoms with van der Waals surface area (Å²) in [6.45, 7) is 5.39. The van der Waals surface area contributed by atoms with Crippen molar-refractivity contribution in [2.75, 3.05) is 10.6 Å². The van der Waals surface area contributed by atoms with Crippen molar-refractivity contribution in [1.29, 1.82) is 0 Å². The zero-order valence-corrected chi connectivity index (χ0v) is 14.5. The number of amides is 2. The fourth-order valence-electron chi connectivity index (χ4n) is 2.53. The van der Waals surface area contributed by atoms with E-state index in [-0.39, 0.29) is 11.8 Å². The molecule has 24 heavy (non-hydrogen) atoms. The number of aryl methyl sites for hydroxylation is 2. The van der Waals surface area contributed by atoms with Gasteiger partial charge in [0.15, 0.2) is 5.13 Å². The molecular weight excluding hydrogens is 322 g/mol. The Morgan fingerprint density at radius 3 is 2.38 bits per heavy atom. The molecule has 0 bridgehead atoms. The molecule has 0 saturated heterocycles. The molecule has 2 N–H and O–H groups in total. The smallest absolute Gasteiger partial charge is 0.257 e. The topological polar surface area (TPSA) is 71.1 Å². The third-order valence-electron chi connectivity index (χ3n) is 3.41. The molecule has 1 heterocycles. The highest BCUT2D eigenvalue weighted by atomic mass is 32.1. The van der Waals surface area contributed by atoms with Gasteiger partial charge in [-0.15, -0.1) is 0 Å². The van der Waals surface area contributed by atoms with Crippen LogP contribution in [0.3, 0.4) is 0 Å². The number of thiazole rings is 1. The molecule has 0 fully saturated rings. The van der Waals surface area contributed by atoms with Crippen molar-refractivity contribution in [3.05, 3.63) is 53.1 Å². The van der Waals surface area contributed by atoms with E-state index in [1.165, 1.54) is 18.3 Å². The van der Waals surface area contributed by atoms with Gasteiger partial charge in [-0.3, -0.25) is 14.9 Å². The molecule has 5 nitrogen and oxygen atoms in total. The number of benzene rings is 2. The lowest BCUT2D eigenvalue weighted by Gasteiger charge is -2.04. The molecule has 0 atom stereocenters. The minimum Gasteiger partial charge on any atom is -0.326 e. The molecule has 0 aliphatic rings. The number of carbonyl (C=O) groups is 2. The number of nitrogens with one attached hydrogen (secondary N) is 2. The number of hydrogen-bond acceptors (Lipinski definition) is 4.